The van der Waals surface area contributed by atoms with Crippen LogP contribution in [0.5, 0.6) is 11.5 Å². The number of ether oxygens (including phenoxy) is 2. The van der Waals surface area contributed by atoms with Gasteiger partial charge in [0.1, 0.15) is 5.56 Å². The van der Waals surface area contributed by atoms with Gasteiger partial charge in [-0.05, 0) is 12.1 Å². The van der Waals surface area contributed by atoms with Crippen molar-refractivity contribution < 1.29 is 19.4 Å². The molecule has 0 amide bonds. The van der Waals surface area contributed by atoms with E-state index in [1.54, 1.807) is 6.07 Å². The Labute approximate surface area is 117 Å². The number of carboxylic acids is 1. The standard InChI is InChI=1S/C14H9BrO4/c15-9-6-10(13(16)17)12-11(7-9)18-14(19-12)8-4-2-1-3-5-8/h1-7,14H,(H,16,17). The van der Waals surface area contributed by atoms with Gasteiger partial charge in [-0.25, -0.2) is 4.79 Å². The second-order valence-corrected chi connectivity index (χ2v) is 4.98. The number of hydrogen-bond acceptors (Lipinski definition) is 3. The van der Waals surface area contributed by atoms with Gasteiger partial charge in [0, 0.05) is 10.0 Å². The van der Waals surface area contributed by atoms with Gasteiger partial charge in [0.15, 0.2) is 11.5 Å². The van der Waals surface area contributed by atoms with E-state index in [1.165, 1.54) is 6.07 Å². The first-order chi connectivity index (χ1) is 9.15. The maximum Gasteiger partial charge on any atom is 0.339 e. The lowest BCUT2D eigenvalue weighted by molar-refractivity contribution is 0.0471. The van der Waals surface area contributed by atoms with Crippen molar-refractivity contribution in [1.29, 1.82) is 0 Å². The zero-order chi connectivity index (χ0) is 13.4. The van der Waals surface area contributed by atoms with E-state index in [9.17, 15) is 9.90 Å². The van der Waals surface area contributed by atoms with Crippen LogP contribution in [0.4, 0.5) is 0 Å². The van der Waals surface area contributed by atoms with Crippen LogP contribution >= 0.6 is 15.9 Å². The molecule has 1 N–H and O–H groups in total. The summed E-state index contributed by atoms with van der Waals surface area (Å²) in [7, 11) is 0. The lowest BCUT2D eigenvalue weighted by atomic mass is 10.2. The Balaban J connectivity index is 2.00. The average molecular weight is 321 g/mol. The van der Waals surface area contributed by atoms with E-state index in [0.29, 0.717) is 10.2 Å². The summed E-state index contributed by atoms with van der Waals surface area (Å²) in [5.74, 6) is -0.347. The first-order valence-electron chi connectivity index (χ1n) is 5.60. The third-order valence-corrected chi connectivity index (χ3v) is 3.24. The molecule has 0 bridgehead atoms. The molecule has 0 aromatic heterocycles. The van der Waals surface area contributed by atoms with Gasteiger partial charge < -0.3 is 14.6 Å². The number of carbonyl (C=O) groups is 1. The monoisotopic (exact) mass is 320 g/mol. The molecule has 0 spiro atoms. The van der Waals surface area contributed by atoms with E-state index in [-0.39, 0.29) is 11.3 Å². The first-order valence-corrected chi connectivity index (χ1v) is 6.39. The molecule has 1 heterocycles. The molecule has 1 aliphatic heterocycles. The molecule has 4 nitrogen and oxygen atoms in total. The van der Waals surface area contributed by atoms with E-state index in [0.717, 1.165) is 5.56 Å². The molecule has 0 fully saturated rings. The highest BCUT2D eigenvalue weighted by molar-refractivity contribution is 9.10. The fraction of sp³-hybridized carbons (Fsp3) is 0.0714. The predicted molar refractivity (Wildman–Crippen MR) is 71.5 cm³/mol. The number of rotatable bonds is 2. The molecule has 1 atom stereocenters. The Hall–Kier alpha value is -2.01. The van der Waals surface area contributed by atoms with Crippen molar-refractivity contribution in [3.63, 3.8) is 0 Å². The molecule has 2 aromatic rings. The topological polar surface area (TPSA) is 55.8 Å². The maximum absolute atomic E-state index is 11.2. The fourth-order valence-electron chi connectivity index (χ4n) is 1.93. The number of carboxylic acid groups (broad SMARTS) is 1. The molecule has 0 saturated heterocycles. The molecular formula is C14H9BrO4. The minimum absolute atomic E-state index is 0.0859. The third kappa shape index (κ3) is 2.17. The highest BCUT2D eigenvalue weighted by Crippen LogP contribution is 2.44. The molecule has 2 aromatic carbocycles. The van der Waals surface area contributed by atoms with Crippen molar-refractivity contribution in [1.82, 2.24) is 0 Å². The largest absolute Gasteiger partial charge is 0.478 e. The maximum atomic E-state index is 11.2. The second-order valence-electron chi connectivity index (χ2n) is 4.06. The number of hydrogen-bond donors (Lipinski definition) is 1. The van der Waals surface area contributed by atoms with Crippen molar-refractivity contribution >= 4 is 21.9 Å². The molecule has 5 heteroatoms. The summed E-state index contributed by atoms with van der Waals surface area (Å²) < 4.78 is 11.9. The number of aromatic carboxylic acids is 1. The average Bonchev–Trinajstić information content (AvgIpc) is 2.82. The van der Waals surface area contributed by atoms with Crippen molar-refractivity contribution in [3.05, 3.63) is 58.1 Å². The van der Waals surface area contributed by atoms with Gasteiger partial charge in [-0.15, -0.1) is 0 Å². The van der Waals surface area contributed by atoms with Crippen LogP contribution < -0.4 is 9.47 Å². The SMILES string of the molecule is O=C(O)c1cc(Br)cc2c1OC(c1ccccc1)O2. The molecule has 0 aliphatic carbocycles. The van der Waals surface area contributed by atoms with Gasteiger partial charge in [0.25, 0.3) is 6.29 Å². The van der Waals surface area contributed by atoms with Crippen LogP contribution in [-0.2, 0) is 0 Å². The lowest BCUT2D eigenvalue weighted by Crippen LogP contribution is -2.08. The van der Waals surface area contributed by atoms with Crippen molar-refractivity contribution in [3.8, 4) is 11.5 Å². The summed E-state index contributed by atoms with van der Waals surface area (Å²) in [5.41, 5.74) is 0.925. The summed E-state index contributed by atoms with van der Waals surface area (Å²) in [6.45, 7) is 0. The Bertz CT molecular complexity index is 639. The van der Waals surface area contributed by atoms with Gasteiger partial charge in [0.05, 0.1) is 0 Å². The van der Waals surface area contributed by atoms with E-state index in [4.69, 9.17) is 9.47 Å². The molecule has 3 rings (SSSR count). The van der Waals surface area contributed by atoms with Crippen molar-refractivity contribution in [2.45, 2.75) is 6.29 Å². The van der Waals surface area contributed by atoms with Gasteiger partial charge >= 0.3 is 5.97 Å². The van der Waals surface area contributed by atoms with Crippen LogP contribution in [0.1, 0.15) is 22.2 Å². The van der Waals surface area contributed by atoms with Gasteiger partial charge in [-0.3, -0.25) is 0 Å². The van der Waals surface area contributed by atoms with Crippen LogP contribution in [0.3, 0.4) is 0 Å². The van der Waals surface area contributed by atoms with E-state index >= 15 is 0 Å². The number of halogens is 1. The summed E-state index contributed by atoms with van der Waals surface area (Å²) in [5, 5.41) is 9.17. The van der Waals surface area contributed by atoms with E-state index in [1.807, 2.05) is 30.3 Å². The molecular weight excluding hydrogens is 312 g/mol. The molecule has 1 aliphatic rings. The quantitative estimate of drug-likeness (QED) is 0.918. The minimum atomic E-state index is -1.05. The predicted octanol–water partition coefficient (Wildman–Crippen LogP) is 3.62. The third-order valence-electron chi connectivity index (χ3n) is 2.78. The smallest absolute Gasteiger partial charge is 0.339 e. The van der Waals surface area contributed by atoms with Crippen LogP contribution in [-0.4, -0.2) is 11.1 Å². The van der Waals surface area contributed by atoms with Gasteiger partial charge in [0.2, 0.25) is 0 Å². The first kappa shape index (κ1) is 12.0. The molecule has 0 saturated carbocycles. The van der Waals surface area contributed by atoms with Crippen LogP contribution in [0.15, 0.2) is 46.9 Å². The van der Waals surface area contributed by atoms with Crippen molar-refractivity contribution in [2.75, 3.05) is 0 Å². The van der Waals surface area contributed by atoms with Crippen LogP contribution in [0.2, 0.25) is 0 Å². The summed E-state index contributed by atoms with van der Waals surface area (Å²) in [4.78, 5) is 11.2. The Morgan fingerprint density at radius 1 is 1.16 bits per heavy atom. The van der Waals surface area contributed by atoms with Gasteiger partial charge in [-0.1, -0.05) is 46.3 Å². The number of benzene rings is 2. The Morgan fingerprint density at radius 3 is 2.58 bits per heavy atom. The lowest BCUT2D eigenvalue weighted by Gasteiger charge is -2.09. The summed E-state index contributed by atoms with van der Waals surface area (Å²) >= 11 is 3.26. The number of fused-ring (bicyclic) bond motifs is 1. The molecule has 19 heavy (non-hydrogen) atoms. The highest BCUT2D eigenvalue weighted by Gasteiger charge is 2.30. The zero-order valence-corrected chi connectivity index (χ0v) is 11.3. The summed E-state index contributed by atoms with van der Waals surface area (Å²) in [6, 6.07) is 12.6. The minimum Gasteiger partial charge on any atom is -0.478 e. The molecule has 1 unspecified atom stereocenters. The summed E-state index contributed by atoms with van der Waals surface area (Å²) in [6.07, 6.45) is -0.608. The fourth-order valence-corrected chi connectivity index (χ4v) is 2.37. The van der Waals surface area contributed by atoms with Crippen molar-refractivity contribution in [2.24, 2.45) is 0 Å². The van der Waals surface area contributed by atoms with Gasteiger partial charge in [-0.2, -0.15) is 0 Å². The van der Waals surface area contributed by atoms with E-state index < -0.39 is 12.3 Å². The Kier molecular flexibility index (Phi) is 2.91. The Morgan fingerprint density at radius 2 is 1.89 bits per heavy atom. The van der Waals surface area contributed by atoms with E-state index in [2.05, 4.69) is 15.9 Å². The molecule has 96 valence electrons. The normalized spacial score (nSPS) is 16.4. The van der Waals surface area contributed by atoms with Crippen LogP contribution in [0, 0.1) is 0 Å². The zero-order valence-electron chi connectivity index (χ0n) is 9.67. The molecule has 0 radical (unpaired) electrons. The second kappa shape index (κ2) is 4.59. The van der Waals surface area contributed by atoms with Crippen LogP contribution in [0.25, 0.3) is 0 Å². The highest BCUT2D eigenvalue weighted by atomic mass is 79.9.